The number of aliphatic carboxylic acids is 1. The van der Waals surface area contributed by atoms with E-state index < -0.39 is 11.9 Å². The lowest BCUT2D eigenvalue weighted by atomic mass is 10.1. The predicted molar refractivity (Wildman–Crippen MR) is 69.0 cm³/mol. The number of benzene rings is 1. The van der Waals surface area contributed by atoms with Crippen LogP contribution >= 0.6 is 0 Å². The second-order valence-electron chi connectivity index (χ2n) is 4.54. The van der Waals surface area contributed by atoms with Crippen LogP contribution in [0.4, 0.5) is 0 Å². The fourth-order valence-corrected chi connectivity index (χ4v) is 2.11. The summed E-state index contributed by atoms with van der Waals surface area (Å²) in [6.07, 6.45) is 2.49. The van der Waals surface area contributed by atoms with Crippen molar-refractivity contribution in [2.24, 2.45) is 0 Å². The van der Waals surface area contributed by atoms with Gasteiger partial charge in [0.15, 0.2) is 0 Å². The van der Waals surface area contributed by atoms with Crippen LogP contribution in [0.1, 0.15) is 22.3 Å². The van der Waals surface area contributed by atoms with Gasteiger partial charge in [0, 0.05) is 25.2 Å². The van der Waals surface area contributed by atoms with Gasteiger partial charge in [0.05, 0.1) is 5.56 Å². The highest BCUT2D eigenvalue weighted by molar-refractivity contribution is 5.87. The van der Waals surface area contributed by atoms with E-state index in [2.05, 4.69) is 0 Å². The molecule has 1 aliphatic heterocycles. The second-order valence-corrected chi connectivity index (χ2v) is 4.54. The minimum Gasteiger partial charge on any atom is -0.478 e. The Labute approximate surface area is 110 Å². The Morgan fingerprint density at radius 3 is 2.37 bits per heavy atom. The van der Waals surface area contributed by atoms with Gasteiger partial charge in [0.1, 0.15) is 0 Å². The van der Waals surface area contributed by atoms with Gasteiger partial charge in [0.2, 0.25) is 0 Å². The first-order chi connectivity index (χ1) is 9.06. The molecule has 5 nitrogen and oxygen atoms in total. The third-order valence-electron chi connectivity index (χ3n) is 3.11. The zero-order valence-electron chi connectivity index (χ0n) is 10.4. The molecule has 0 fully saturated rings. The molecule has 0 amide bonds. The molecule has 19 heavy (non-hydrogen) atoms. The van der Waals surface area contributed by atoms with Gasteiger partial charge in [-0.25, -0.2) is 9.59 Å². The Morgan fingerprint density at radius 2 is 1.79 bits per heavy atom. The highest BCUT2D eigenvalue weighted by atomic mass is 16.4. The van der Waals surface area contributed by atoms with E-state index in [-0.39, 0.29) is 5.56 Å². The minimum absolute atomic E-state index is 0.258. The van der Waals surface area contributed by atoms with Crippen LogP contribution in [0.15, 0.2) is 35.9 Å². The number of rotatable bonds is 4. The van der Waals surface area contributed by atoms with E-state index in [4.69, 9.17) is 10.2 Å². The molecular weight excluding hydrogens is 246 g/mol. The second kappa shape index (κ2) is 5.67. The van der Waals surface area contributed by atoms with Crippen LogP contribution in [-0.2, 0) is 11.3 Å². The molecule has 0 unspecified atom stereocenters. The van der Waals surface area contributed by atoms with E-state index >= 15 is 0 Å². The average molecular weight is 261 g/mol. The maximum atomic E-state index is 10.9. The van der Waals surface area contributed by atoms with Crippen LogP contribution in [-0.4, -0.2) is 40.1 Å². The van der Waals surface area contributed by atoms with Gasteiger partial charge in [0.25, 0.3) is 0 Å². The summed E-state index contributed by atoms with van der Waals surface area (Å²) < 4.78 is 0. The Bertz CT molecular complexity index is 519. The smallest absolute Gasteiger partial charge is 0.335 e. The van der Waals surface area contributed by atoms with Crippen molar-refractivity contribution < 1.29 is 19.8 Å². The van der Waals surface area contributed by atoms with Gasteiger partial charge in [-0.05, 0) is 24.1 Å². The average Bonchev–Trinajstić information content (AvgIpc) is 2.39. The first-order valence-electron chi connectivity index (χ1n) is 6.03. The molecular formula is C14H15NO4. The molecule has 2 N–H and O–H groups in total. The molecule has 1 aromatic carbocycles. The Balaban J connectivity index is 2.00. The Morgan fingerprint density at radius 1 is 1.11 bits per heavy atom. The standard InChI is InChI=1S/C14H15NO4/c16-13(17)11-5-3-10(4-6-11)8-15-7-1-2-12(9-15)14(18)19/h2-6H,1,7-9H2,(H,16,17)(H,18,19). The number of hydrogen-bond donors (Lipinski definition) is 2. The van der Waals surface area contributed by atoms with Gasteiger partial charge in [-0.15, -0.1) is 0 Å². The molecule has 0 spiro atoms. The third kappa shape index (κ3) is 3.42. The summed E-state index contributed by atoms with van der Waals surface area (Å²) in [6, 6.07) is 6.66. The third-order valence-corrected chi connectivity index (χ3v) is 3.11. The minimum atomic E-state index is -0.944. The van der Waals surface area contributed by atoms with E-state index in [1.54, 1.807) is 30.3 Å². The van der Waals surface area contributed by atoms with Gasteiger partial charge >= 0.3 is 11.9 Å². The summed E-state index contributed by atoms with van der Waals surface area (Å²) in [5.74, 6) is -1.81. The molecule has 1 aromatic rings. The molecule has 100 valence electrons. The van der Waals surface area contributed by atoms with Crippen molar-refractivity contribution in [1.82, 2.24) is 4.90 Å². The Hall–Kier alpha value is -2.14. The number of hydrogen-bond acceptors (Lipinski definition) is 3. The largest absolute Gasteiger partial charge is 0.478 e. The molecule has 0 atom stereocenters. The lowest BCUT2D eigenvalue weighted by molar-refractivity contribution is -0.133. The summed E-state index contributed by atoms with van der Waals surface area (Å²) in [6.45, 7) is 1.87. The van der Waals surface area contributed by atoms with E-state index in [9.17, 15) is 9.59 Å². The van der Waals surface area contributed by atoms with Crippen molar-refractivity contribution >= 4 is 11.9 Å². The lowest BCUT2D eigenvalue weighted by Crippen LogP contribution is -2.31. The van der Waals surface area contributed by atoms with Crippen LogP contribution < -0.4 is 0 Å². The molecule has 0 aromatic heterocycles. The van der Waals surface area contributed by atoms with Crippen molar-refractivity contribution in [2.45, 2.75) is 13.0 Å². The zero-order valence-corrected chi connectivity index (χ0v) is 10.4. The molecule has 0 saturated heterocycles. The van der Waals surface area contributed by atoms with Crippen LogP contribution in [0.25, 0.3) is 0 Å². The van der Waals surface area contributed by atoms with E-state index in [1.807, 2.05) is 4.90 Å². The van der Waals surface area contributed by atoms with E-state index in [0.29, 0.717) is 18.7 Å². The van der Waals surface area contributed by atoms with E-state index in [1.165, 1.54) is 0 Å². The summed E-state index contributed by atoms with van der Waals surface area (Å²) in [5.41, 5.74) is 1.67. The van der Waals surface area contributed by atoms with Crippen molar-refractivity contribution in [2.75, 3.05) is 13.1 Å². The summed E-state index contributed by atoms with van der Waals surface area (Å²) in [5, 5.41) is 17.8. The normalized spacial score (nSPS) is 15.9. The predicted octanol–water partition coefficient (Wildman–Crippen LogP) is 1.60. The topological polar surface area (TPSA) is 77.8 Å². The first kappa shape index (κ1) is 13.3. The maximum Gasteiger partial charge on any atom is 0.335 e. The van der Waals surface area contributed by atoms with Gasteiger partial charge in [-0.1, -0.05) is 18.2 Å². The Kier molecular flexibility index (Phi) is 3.97. The summed E-state index contributed by atoms with van der Waals surface area (Å²) >= 11 is 0. The van der Waals surface area contributed by atoms with E-state index in [0.717, 1.165) is 18.5 Å². The van der Waals surface area contributed by atoms with Crippen LogP contribution in [0, 0.1) is 0 Å². The van der Waals surface area contributed by atoms with Crippen molar-refractivity contribution in [3.05, 3.63) is 47.0 Å². The van der Waals surface area contributed by atoms with Crippen molar-refractivity contribution in [1.29, 1.82) is 0 Å². The summed E-state index contributed by atoms with van der Waals surface area (Å²) in [7, 11) is 0. The highest BCUT2D eigenvalue weighted by Crippen LogP contribution is 2.14. The maximum absolute atomic E-state index is 10.9. The quantitative estimate of drug-likeness (QED) is 0.860. The van der Waals surface area contributed by atoms with Gasteiger partial charge < -0.3 is 10.2 Å². The molecule has 1 heterocycles. The molecule has 1 aliphatic rings. The first-order valence-corrected chi connectivity index (χ1v) is 6.03. The number of aromatic carboxylic acids is 1. The summed E-state index contributed by atoms with van der Waals surface area (Å²) in [4.78, 5) is 23.7. The van der Waals surface area contributed by atoms with Crippen LogP contribution in [0.3, 0.4) is 0 Å². The molecule has 0 radical (unpaired) electrons. The van der Waals surface area contributed by atoms with Gasteiger partial charge in [-0.2, -0.15) is 0 Å². The molecule has 0 bridgehead atoms. The molecule has 5 heteroatoms. The number of carbonyl (C=O) groups is 2. The fourth-order valence-electron chi connectivity index (χ4n) is 2.11. The van der Waals surface area contributed by atoms with Crippen LogP contribution in [0.2, 0.25) is 0 Å². The number of nitrogens with zero attached hydrogens (tertiary/aromatic N) is 1. The SMILES string of the molecule is O=C(O)C1=CCCN(Cc2ccc(C(=O)O)cc2)C1. The van der Waals surface area contributed by atoms with Gasteiger partial charge in [-0.3, -0.25) is 4.90 Å². The van der Waals surface area contributed by atoms with Crippen molar-refractivity contribution in [3.8, 4) is 0 Å². The highest BCUT2D eigenvalue weighted by Gasteiger charge is 2.17. The molecule has 0 aliphatic carbocycles. The fraction of sp³-hybridized carbons (Fsp3) is 0.286. The lowest BCUT2D eigenvalue weighted by Gasteiger charge is -2.25. The monoisotopic (exact) mass is 261 g/mol. The number of carboxylic acid groups (broad SMARTS) is 2. The zero-order chi connectivity index (χ0) is 13.8. The van der Waals surface area contributed by atoms with Crippen molar-refractivity contribution in [3.63, 3.8) is 0 Å². The number of carboxylic acids is 2. The molecule has 0 saturated carbocycles. The van der Waals surface area contributed by atoms with Crippen LogP contribution in [0.5, 0.6) is 0 Å². The molecule has 2 rings (SSSR count).